The number of hydrogen-bond acceptors (Lipinski definition) is 4. The van der Waals surface area contributed by atoms with E-state index in [-0.39, 0.29) is 0 Å². The second-order valence-corrected chi connectivity index (χ2v) is 6.19. The lowest BCUT2D eigenvalue weighted by Crippen LogP contribution is -1.99. The molecule has 3 aromatic carbocycles. The van der Waals surface area contributed by atoms with Crippen LogP contribution < -0.4 is 4.74 Å². The summed E-state index contributed by atoms with van der Waals surface area (Å²) in [7, 11) is 1.66. The number of nitrogens with zero attached hydrogens (tertiary/aromatic N) is 4. The van der Waals surface area contributed by atoms with E-state index in [1.54, 1.807) is 7.11 Å². The van der Waals surface area contributed by atoms with Crippen LogP contribution in [0, 0.1) is 0 Å². The zero-order valence-electron chi connectivity index (χ0n) is 14.7. The minimum Gasteiger partial charge on any atom is -0.497 e. The molecule has 0 aliphatic heterocycles. The fourth-order valence-electron chi connectivity index (χ4n) is 3.21. The van der Waals surface area contributed by atoms with Gasteiger partial charge in [-0.05, 0) is 48.5 Å². The van der Waals surface area contributed by atoms with Crippen molar-refractivity contribution in [2.24, 2.45) is 0 Å². The maximum atomic E-state index is 5.28. The summed E-state index contributed by atoms with van der Waals surface area (Å²) in [5.74, 6) is 1.61. The van der Waals surface area contributed by atoms with Gasteiger partial charge in [0.15, 0.2) is 11.3 Å². The third-order valence-corrected chi connectivity index (χ3v) is 4.53. The molecule has 0 atom stereocenters. The van der Waals surface area contributed by atoms with E-state index in [1.165, 1.54) is 0 Å². The zero-order chi connectivity index (χ0) is 18.2. The van der Waals surface area contributed by atoms with E-state index in [0.29, 0.717) is 5.65 Å². The molecule has 0 radical (unpaired) electrons. The molecule has 27 heavy (non-hydrogen) atoms. The zero-order valence-corrected chi connectivity index (χ0v) is 14.7. The lowest BCUT2D eigenvalue weighted by Gasteiger charge is -2.09. The lowest BCUT2D eigenvalue weighted by molar-refractivity contribution is 0.415. The molecule has 2 aromatic heterocycles. The number of para-hydroxylation sites is 3. The number of fused-ring (bicyclic) bond motifs is 2. The summed E-state index contributed by atoms with van der Waals surface area (Å²) in [5, 5.41) is 0. The molecule has 0 spiro atoms. The highest BCUT2D eigenvalue weighted by Gasteiger charge is 2.17. The predicted octanol–water partition coefficient (Wildman–Crippen LogP) is 4.64. The van der Waals surface area contributed by atoms with Gasteiger partial charge in [-0.1, -0.05) is 30.3 Å². The number of benzene rings is 3. The second kappa shape index (κ2) is 6.21. The van der Waals surface area contributed by atoms with Crippen molar-refractivity contribution >= 4 is 22.3 Å². The van der Waals surface area contributed by atoms with Crippen molar-refractivity contribution in [2.75, 3.05) is 7.11 Å². The molecule has 0 unspecified atom stereocenters. The Hall–Kier alpha value is -3.73. The van der Waals surface area contributed by atoms with E-state index in [2.05, 4.69) is 4.57 Å². The van der Waals surface area contributed by atoms with E-state index in [9.17, 15) is 0 Å². The number of aromatic nitrogens is 4. The van der Waals surface area contributed by atoms with Gasteiger partial charge in [-0.3, -0.25) is 4.57 Å². The smallest absolute Gasteiger partial charge is 0.199 e. The maximum absolute atomic E-state index is 5.28. The average molecular weight is 352 g/mol. The van der Waals surface area contributed by atoms with Crippen LogP contribution in [0.5, 0.6) is 5.75 Å². The van der Waals surface area contributed by atoms with E-state index in [1.807, 2.05) is 78.9 Å². The van der Waals surface area contributed by atoms with E-state index < -0.39 is 0 Å². The van der Waals surface area contributed by atoms with Crippen LogP contribution in [0.1, 0.15) is 0 Å². The lowest BCUT2D eigenvalue weighted by atomic mass is 10.2. The van der Waals surface area contributed by atoms with Gasteiger partial charge in [-0.15, -0.1) is 0 Å². The first-order valence-corrected chi connectivity index (χ1v) is 8.68. The first-order chi connectivity index (χ1) is 13.3. The number of ether oxygens (including phenoxy) is 1. The minimum atomic E-state index is 0.628. The van der Waals surface area contributed by atoms with Crippen LogP contribution in [-0.4, -0.2) is 26.6 Å². The van der Waals surface area contributed by atoms with Crippen LogP contribution in [0.25, 0.3) is 39.4 Å². The van der Waals surface area contributed by atoms with Crippen LogP contribution in [0.4, 0.5) is 0 Å². The van der Waals surface area contributed by atoms with Crippen molar-refractivity contribution in [3.63, 3.8) is 0 Å². The summed E-state index contributed by atoms with van der Waals surface area (Å²) in [4.78, 5) is 14.4. The van der Waals surface area contributed by atoms with E-state index in [0.717, 1.165) is 39.5 Å². The number of rotatable bonds is 3. The Morgan fingerprint density at radius 3 is 2.07 bits per heavy atom. The SMILES string of the molecule is COc1ccc(-c2nc3nc4ccccc4nc3n2-c2ccccc2)cc1. The molecule has 5 nitrogen and oxygen atoms in total. The molecule has 0 saturated carbocycles. The molecule has 2 heterocycles. The monoisotopic (exact) mass is 352 g/mol. The van der Waals surface area contributed by atoms with E-state index in [4.69, 9.17) is 19.7 Å². The highest BCUT2D eigenvalue weighted by molar-refractivity contribution is 5.86. The fraction of sp³-hybridized carbons (Fsp3) is 0.0455. The van der Waals surface area contributed by atoms with Crippen molar-refractivity contribution < 1.29 is 4.74 Å². The van der Waals surface area contributed by atoms with Gasteiger partial charge in [-0.25, -0.2) is 15.0 Å². The summed E-state index contributed by atoms with van der Waals surface area (Å²) >= 11 is 0. The predicted molar refractivity (Wildman–Crippen MR) is 106 cm³/mol. The van der Waals surface area contributed by atoms with Crippen molar-refractivity contribution in [1.29, 1.82) is 0 Å². The Morgan fingerprint density at radius 1 is 0.704 bits per heavy atom. The molecule has 5 aromatic rings. The van der Waals surface area contributed by atoms with Gasteiger partial charge in [0, 0.05) is 11.3 Å². The third-order valence-electron chi connectivity index (χ3n) is 4.53. The Kier molecular flexibility index (Phi) is 3.57. The molecule has 0 aliphatic carbocycles. The van der Waals surface area contributed by atoms with Gasteiger partial charge in [0.05, 0.1) is 18.1 Å². The molecule has 130 valence electrons. The fourth-order valence-corrected chi connectivity index (χ4v) is 3.21. The molecule has 0 N–H and O–H groups in total. The molecule has 5 heteroatoms. The quantitative estimate of drug-likeness (QED) is 0.474. The number of imidazole rings is 1. The summed E-state index contributed by atoms with van der Waals surface area (Å²) in [6.07, 6.45) is 0. The maximum Gasteiger partial charge on any atom is 0.199 e. The molecule has 0 amide bonds. The normalized spacial score (nSPS) is 11.1. The molecule has 0 bridgehead atoms. The van der Waals surface area contributed by atoms with Gasteiger partial charge in [0.25, 0.3) is 0 Å². The summed E-state index contributed by atoms with van der Waals surface area (Å²) in [6, 6.07) is 25.8. The van der Waals surface area contributed by atoms with Crippen molar-refractivity contribution in [1.82, 2.24) is 19.5 Å². The molecule has 0 fully saturated rings. The second-order valence-electron chi connectivity index (χ2n) is 6.19. The Bertz CT molecular complexity index is 1240. The summed E-state index contributed by atoms with van der Waals surface area (Å²) in [6.45, 7) is 0. The van der Waals surface area contributed by atoms with Crippen LogP contribution in [-0.2, 0) is 0 Å². The molecule has 5 rings (SSSR count). The van der Waals surface area contributed by atoms with Gasteiger partial charge in [0.1, 0.15) is 11.6 Å². The topological polar surface area (TPSA) is 52.8 Å². The van der Waals surface area contributed by atoms with Gasteiger partial charge < -0.3 is 4.74 Å². The van der Waals surface area contributed by atoms with Crippen LogP contribution >= 0.6 is 0 Å². The minimum absolute atomic E-state index is 0.628. The number of hydrogen-bond donors (Lipinski definition) is 0. The first kappa shape index (κ1) is 15.5. The third kappa shape index (κ3) is 2.60. The molecular formula is C22H16N4O. The van der Waals surface area contributed by atoms with Gasteiger partial charge >= 0.3 is 0 Å². The van der Waals surface area contributed by atoms with Crippen LogP contribution in [0.15, 0.2) is 78.9 Å². The van der Waals surface area contributed by atoms with Crippen LogP contribution in [0.2, 0.25) is 0 Å². The van der Waals surface area contributed by atoms with E-state index >= 15 is 0 Å². The first-order valence-electron chi connectivity index (χ1n) is 8.68. The Labute approximate surface area is 155 Å². The summed E-state index contributed by atoms with van der Waals surface area (Å²) in [5.41, 5.74) is 5.03. The average Bonchev–Trinajstić information content (AvgIpc) is 3.11. The summed E-state index contributed by atoms with van der Waals surface area (Å²) < 4.78 is 7.33. The standard InChI is InChI=1S/C22H16N4O/c1-27-17-13-11-15(12-14-17)21-25-20-22(26(21)16-7-3-2-4-8-16)24-19-10-6-5-9-18(19)23-20/h2-14H,1H3. The number of methoxy groups -OCH3 is 1. The highest BCUT2D eigenvalue weighted by atomic mass is 16.5. The Balaban J connectivity index is 1.84. The molecule has 0 aliphatic rings. The highest BCUT2D eigenvalue weighted by Crippen LogP contribution is 2.29. The molecule has 0 saturated heterocycles. The Morgan fingerprint density at radius 2 is 1.37 bits per heavy atom. The van der Waals surface area contributed by atoms with Gasteiger partial charge in [-0.2, -0.15) is 0 Å². The van der Waals surface area contributed by atoms with Crippen molar-refractivity contribution in [3.8, 4) is 22.8 Å². The van der Waals surface area contributed by atoms with Crippen molar-refractivity contribution in [2.45, 2.75) is 0 Å². The van der Waals surface area contributed by atoms with Gasteiger partial charge in [0.2, 0.25) is 0 Å². The van der Waals surface area contributed by atoms with Crippen LogP contribution in [0.3, 0.4) is 0 Å². The van der Waals surface area contributed by atoms with Crippen molar-refractivity contribution in [3.05, 3.63) is 78.9 Å². The largest absolute Gasteiger partial charge is 0.497 e. The molecular weight excluding hydrogens is 336 g/mol.